The molecule has 1 fully saturated rings. The maximum absolute atomic E-state index is 13.1. The second kappa shape index (κ2) is 7.09. The summed E-state index contributed by atoms with van der Waals surface area (Å²) in [5.41, 5.74) is 1.03. The number of halogens is 1. The minimum Gasteiger partial charge on any atom is -0.393 e. The summed E-state index contributed by atoms with van der Waals surface area (Å²) in [6.07, 6.45) is 3.30. The van der Waals surface area contributed by atoms with Crippen molar-refractivity contribution in [2.45, 2.75) is 44.1 Å². The summed E-state index contributed by atoms with van der Waals surface area (Å²) in [5.74, 6) is -0.236. The van der Waals surface area contributed by atoms with Crippen molar-refractivity contribution in [2.24, 2.45) is 0 Å². The molecule has 1 saturated carbocycles. The Hall–Kier alpha value is -1.62. The van der Waals surface area contributed by atoms with Gasteiger partial charge >= 0.3 is 6.03 Å². The van der Waals surface area contributed by atoms with Gasteiger partial charge in [-0.2, -0.15) is 0 Å². The lowest BCUT2D eigenvalue weighted by atomic mass is 9.64. The lowest BCUT2D eigenvalue weighted by Crippen LogP contribution is -2.48. The number of amides is 2. The molecule has 0 heterocycles. The molecule has 1 aliphatic rings. The van der Waals surface area contributed by atoms with E-state index in [-0.39, 0.29) is 17.3 Å². The van der Waals surface area contributed by atoms with Gasteiger partial charge in [0.25, 0.3) is 0 Å². The Kier molecular flexibility index (Phi) is 5.40. The zero-order valence-corrected chi connectivity index (χ0v) is 13.3. The van der Waals surface area contributed by atoms with Gasteiger partial charge in [0.2, 0.25) is 0 Å². The van der Waals surface area contributed by atoms with Crippen LogP contribution in [-0.4, -0.2) is 42.3 Å². The van der Waals surface area contributed by atoms with E-state index in [4.69, 9.17) is 0 Å². The number of hydrogen-bond acceptors (Lipinski definition) is 2. The Bertz CT molecular complexity index is 498. The minimum absolute atomic E-state index is 0.0610. The molecule has 1 aromatic rings. The van der Waals surface area contributed by atoms with Crippen LogP contribution in [0.15, 0.2) is 24.3 Å². The summed E-state index contributed by atoms with van der Waals surface area (Å²) in [5, 5.41) is 12.2. The van der Waals surface area contributed by atoms with Crippen molar-refractivity contribution < 1.29 is 14.3 Å². The molecule has 0 saturated heterocycles. The van der Waals surface area contributed by atoms with Crippen LogP contribution >= 0.6 is 0 Å². The van der Waals surface area contributed by atoms with E-state index in [1.807, 2.05) is 12.1 Å². The largest absolute Gasteiger partial charge is 0.393 e. The average molecular weight is 308 g/mol. The maximum atomic E-state index is 13.1. The van der Waals surface area contributed by atoms with Crippen LogP contribution in [0.2, 0.25) is 0 Å². The number of aliphatic hydroxyl groups excluding tert-OH is 1. The fraction of sp³-hybridized carbons (Fsp3) is 0.588. The first-order valence-corrected chi connectivity index (χ1v) is 7.86. The first kappa shape index (κ1) is 16.7. The number of hydrogen-bond donors (Lipinski definition) is 2. The van der Waals surface area contributed by atoms with E-state index in [2.05, 4.69) is 5.32 Å². The molecular formula is C17H25FN2O2. The molecule has 5 heteroatoms. The second-order valence-corrected chi connectivity index (χ2v) is 6.36. The van der Waals surface area contributed by atoms with Crippen molar-refractivity contribution >= 4 is 6.03 Å². The number of nitrogens with one attached hydrogen (secondary N) is 1. The van der Waals surface area contributed by atoms with Crippen molar-refractivity contribution in [2.75, 3.05) is 20.1 Å². The van der Waals surface area contributed by atoms with E-state index in [0.717, 1.165) is 24.8 Å². The lowest BCUT2D eigenvalue weighted by molar-refractivity contribution is 0.160. The molecule has 1 unspecified atom stereocenters. The number of rotatable bonds is 6. The van der Waals surface area contributed by atoms with Crippen molar-refractivity contribution in [3.05, 3.63) is 35.6 Å². The van der Waals surface area contributed by atoms with Crippen LogP contribution < -0.4 is 5.32 Å². The highest BCUT2D eigenvalue weighted by Crippen LogP contribution is 2.43. The predicted molar refractivity (Wildman–Crippen MR) is 84.3 cm³/mol. The molecule has 0 spiro atoms. The van der Waals surface area contributed by atoms with Crippen LogP contribution in [-0.2, 0) is 5.41 Å². The summed E-state index contributed by atoms with van der Waals surface area (Å²) in [4.78, 5) is 13.7. The predicted octanol–water partition coefficient (Wildman–Crippen LogP) is 2.66. The molecule has 4 nitrogen and oxygen atoms in total. The quantitative estimate of drug-likeness (QED) is 0.849. The number of benzene rings is 1. The van der Waals surface area contributed by atoms with Gasteiger partial charge in [0.15, 0.2) is 0 Å². The van der Waals surface area contributed by atoms with Crippen LogP contribution in [0.4, 0.5) is 9.18 Å². The third kappa shape index (κ3) is 3.97. The fourth-order valence-corrected chi connectivity index (χ4v) is 2.84. The SMILES string of the molecule is CC(O)CCN(C)C(=O)NCC1(c2ccc(F)cc2)CCC1. The number of aliphatic hydroxyl groups is 1. The summed E-state index contributed by atoms with van der Waals surface area (Å²) < 4.78 is 13.1. The standard InChI is InChI=1S/C17H25FN2O2/c1-13(21)8-11-20(2)16(22)19-12-17(9-3-10-17)14-4-6-15(18)7-5-14/h4-7,13,21H,3,8-12H2,1-2H3,(H,19,22). The normalized spacial score (nSPS) is 17.5. The van der Waals surface area contributed by atoms with E-state index < -0.39 is 6.10 Å². The zero-order chi connectivity index (χ0) is 16.2. The van der Waals surface area contributed by atoms with E-state index >= 15 is 0 Å². The monoisotopic (exact) mass is 308 g/mol. The van der Waals surface area contributed by atoms with Gasteiger partial charge in [-0.15, -0.1) is 0 Å². The van der Waals surface area contributed by atoms with Crippen LogP contribution in [0.3, 0.4) is 0 Å². The van der Waals surface area contributed by atoms with Crippen molar-refractivity contribution in [3.63, 3.8) is 0 Å². The Balaban J connectivity index is 1.91. The highest BCUT2D eigenvalue weighted by Gasteiger charge is 2.39. The molecule has 2 rings (SSSR count). The molecule has 0 aromatic heterocycles. The minimum atomic E-state index is -0.410. The molecule has 0 aliphatic heterocycles. The Labute approximate surface area is 131 Å². The third-order valence-electron chi connectivity index (χ3n) is 4.57. The van der Waals surface area contributed by atoms with E-state index in [9.17, 15) is 14.3 Å². The smallest absolute Gasteiger partial charge is 0.317 e. The van der Waals surface area contributed by atoms with Crippen molar-refractivity contribution in [1.82, 2.24) is 10.2 Å². The van der Waals surface area contributed by atoms with Gasteiger partial charge < -0.3 is 15.3 Å². The summed E-state index contributed by atoms with van der Waals surface area (Å²) in [6.45, 7) is 2.80. The number of carbonyl (C=O) groups is 1. The molecule has 1 aliphatic carbocycles. The maximum Gasteiger partial charge on any atom is 0.317 e. The van der Waals surface area contributed by atoms with Gasteiger partial charge in [-0.25, -0.2) is 9.18 Å². The molecule has 0 bridgehead atoms. The van der Waals surface area contributed by atoms with Crippen LogP contribution in [0.25, 0.3) is 0 Å². The Morgan fingerprint density at radius 1 is 1.41 bits per heavy atom. The average Bonchev–Trinajstić information content (AvgIpc) is 2.45. The number of nitrogens with zero attached hydrogens (tertiary/aromatic N) is 1. The van der Waals surface area contributed by atoms with Crippen molar-refractivity contribution in [1.29, 1.82) is 0 Å². The van der Waals surface area contributed by atoms with Gasteiger partial charge in [-0.1, -0.05) is 18.6 Å². The summed E-state index contributed by atoms with van der Waals surface area (Å²) in [7, 11) is 1.73. The van der Waals surface area contributed by atoms with Gasteiger partial charge in [-0.3, -0.25) is 0 Å². The highest BCUT2D eigenvalue weighted by atomic mass is 19.1. The van der Waals surface area contributed by atoms with E-state index in [1.54, 1.807) is 18.9 Å². The van der Waals surface area contributed by atoms with Gasteiger partial charge in [0.05, 0.1) is 6.10 Å². The van der Waals surface area contributed by atoms with Crippen molar-refractivity contribution in [3.8, 4) is 0 Å². The summed E-state index contributed by atoms with van der Waals surface area (Å²) >= 11 is 0. The van der Waals surface area contributed by atoms with Crippen LogP contribution in [0.5, 0.6) is 0 Å². The molecule has 2 N–H and O–H groups in total. The lowest BCUT2D eigenvalue weighted by Gasteiger charge is -2.43. The molecule has 0 radical (unpaired) electrons. The van der Waals surface area contributed by atoms with Crippen LogP contribution in [0.1, 0.15) is 38.2 Å². The van der Waals surface area contributed by atoms with Gasteiger partial charge in [0.1, 0.15) is 5.82 Å². The molecule has 1 atom stereocenters. The van der Waals surface area contributed by atoms with Crippen LogP contribution in [0, 0.1) is 5.82 Å². The molecular weight excluding hydrogens is 283 g/mol. The Morgan fingerprint density at radius 2 is 2.05 bits per heavy atom. The summed E-state index contributed by atoms with van der Waals surface area (Å²) in [6, 6.07) is 6.46. The highest BCUT2D eigenvalue weighted by molar-refractivity contribution is 5.74. The van der Waals surface area contributed by atoms with Gasteiger partial charge in [0, 0.05) is 25.6 Å². The number of carbonyl (C=O) groups excluding carboxylic acids is 1. The zero-order valence-electron chi connectivity index (χ0n) is 13.3. The Morgan fingerprint density at radius 3 is 2.55 bits per heavy atom. The first-order chi connectivity index (χ1) is 10.4. The molecule has 22 heavy (non-hydrogen) atoms. The first-order valence-electron chi connectivity index (χ1n) is 7.86. The van der Waals surface area contributed by atoms with E-state index in [1.165, 1.54) is 12.1 Å². The molecule has 1 aromatic carbocycles. The third-order valence-corrected chi connectivity index (χ3v) is 4.57. The van der Waals surface area contributed by atoms with E-state index in [0.29, 0.717) is 19.5 Å². The molecule has 2 amide bonds. The topological polar surface area (TPSA) is 52.6 Å². The number of urea groups is 1. The van der Waals surface area contributed by atoms with Gasteiger partial charge in [-0.05, 0) is 43.9 Å². The molecule has 122 valence electrons. The fourth-order valence-electron chi connectivity index (χ4n) is 2.84. The second-order valence-electron chi connectivity index (χ2n) is 6.36.